The number of hydrogen-bond acceptors (Lipinski definition) is 1. The maximum absolute atomic E-state index is 5.34. The van der Waals surface area contributed by atoms with Crippen molar-refractivity contribution in [3.8, 4) is 5.69 Å². The van der Waals surface area contributed by atoms with Crippen LogP contribution in [0.25, 0.3) is 5.69 Å². The van der Waals surface area contributed by atoms with Crippen LogP contribution in [-0.4, -0.2) is 9.55 Å². The molecule has 0 aliphatic rings. The molecule has 0 amide bonds. The van der Waals surface area contributed by atoms with Gasteiger partial charge in [-0.3, -0.25) is 4.57 Å². The minimum atomic E-state index is 0.535. The Morgan fingerprint density at radius 3 is 2.76 bits per heavy atom. The van der Waals surface area contributed by atoms with Gasteiger partial charge in [0.2, 0.25) is 0 Å². The van der Waals surface area contributed by atoms with Crippen LogP contribution in [0.4, 0.5) is 0 Å². The van der Waals surface area contributed by atoms with E-state index >= 15 is 0 Å². The predicted molar refractivity (Wildman–Crippen MR) is 74.4 cm³/mol. The largest absolute Gasteiger partial charge is 0.337 e. The third-order valence-electron chi connectivity index (χ3n) is 3.01. The Morgan fingerprint density at radius 2 is 2.12 bits per heavy atom. The second-order valence-corrected chi connectivity index (χ2v) is 4.91. The highest BCUT2D eigenvalue weighted by molar-refractivity contribution is 7.71. The molecule has 17 heavy (non-hydrogen) atoms. The first-order chi connectivity index (χ1) is 8.13. The smallest absolute Gasteiger partial charge is 0.182 e. The zero-order valence-corrected chi connectivity index (χ0v) is 11.3. The zero-order valence-electron chi connectivity index (χ0n) is 10.5. The van der Waals surface area contributed by atoms with Crippen LogP contribution in [0, 0.1) is 4.77 Å². The highest BCUT2D eigenvalue weighted by Crippen LogP contribution is 2.20. The van der Waals surface area contributed by atoms with E-state index in [9.17, 15) is 0 Å². The summed E-state index contributed by atoms with van der Waals surface area (Å²) >= 11 is 5.34. The maximum atomic E-state index is 5.34. The van der Waals surface area contributed by atoms with E-state index in [2.05, 4.69) is 54.6 Å². The van der Waals surface area contributed by atoms with Gasteiger partial charge in [0.05, 0.1) is 0 Å². The number of imidazole rings is 1. The van der Waals surface area contributed by atoms with Crippen molar-refractivity contribution < 1.29 is 0 Å². The number of aryl methyl sites for hydroxylation is 1. The van der Waals surface area contributed by atoms with Crippen molar-refractivity contribution >= 4 is 12.2 Å². The molecule has 90 valence electrons. The molecule has 0 atom stereocenters. The van der Waals surface area contributed by atoms with Gasteiger partial charge in [-0.05, 0) is 42.3 Å². The number of aromatic amines is 1. The van der Waals surface area contributed by atoms with E-state index in [1.165, 1.54) is 11.3 Å². The Morgan fingerprint density at radius 1 is 1.35 bits per heavy atom. The van der Waals surface area contributed by atoms with Crippen LogP contribution in [0.15, 0.2) is 30.5 Å². The molecule has 0 aliphatic heterocycles. The summed E-state index contributed by atoms with van der Waals surface area (Å²) in [5.41, 5.74) is 3.71. The van der Waals surface area contributed by atoms with Crippen LogP contribution in [0.2, 0.25) is 0 Å². The first kappa shape index (κ1) is 12.1. The topological polar surface area (TPSA) is 20.7 Å². The van der Waals surface area contributed by atoms with Gasteiger partial charge in [0.15, 0.2) is 4.77 Å². The minimum absolute atomic E-state index is 0.535. The van der Waals surface area contributed by atoms with Crippen LogP contribution < -0.4 is 0 Å². The molecule has 0 spiro atoms. The standard InChI is InChI=1S/C14H18N2S/c1-4-12-9-15-14(17)16(12)13-7-5-6-11(8-13)10(2)3/h5-10H,4H2,1-3H3,(H,15,17). The number of rotatable bonds is 3. The molecule has 0 saturated heterocycles. The summed E-state index contributed by atoms with van der Waals surface area (Å²) < 4.78 is 2.88. The number of aromatic nitrogens is 2. The molecule has 1 aromatic heterocycles. The van der Waals surface area contributed by atoms with Crippen molar-refractivity contribution in [2.45, 2.75) is 33.1 Å². The fourth-order valence-corrected chi connectivity index (χ4v) is 2.25. The van der Waals surface area contributed by atoms with E-state index in [4.69, 9.17) is 12.2 Å². The average molecular weight is 246 g/mol. The average Bonchev–Trinajstić information content (AvgIpc) is 2.70. The molecule has 0 saturated carbocycles. The van der Waals surface area contributed by atoms with E-state index < -0.39 is 0 Å². The van der Waals surface area contributed by atoms with Crippen molar-refractivity contribution in [2.24, 2.45) is 0 Å². The van der Waals surface area contributed by atoms with Gasteiger partial charge in [-0.2, -0.15) is 0 Å². The van der Waals surface area contributed by atoms with Gasteiger partial charge >= 0.3 is 0 Å². The van der Waals surface area contributed by atoms with Crippen LogP contribution in [0.3, 0.4) is 0 Å². The predicted octanol–water partition coefficient (Wildman–Crippen LogP) is 4.22. The molecule has 1 heterocycles. The normalized spacial score (nSPS) is 11.1. The van der Waals surface area contributed by atoms with Gasteiger partial charge in [-0.15, -0.1) is 0 Å². The number of benzene rings is 1. The van der Waals surface area contributed by atoms with Crippen molar-refractivity contribution in [2.75, 3.05) is 0 Å². The molecule has 0 unspecified atom stereocenters. The Labute approximate surface area is 107 Å². The van der Waals surface area contributed by atoms with Gasteiger partial charge in [-0.1, -0.05) is 32.9 Å². The molecule has 2 rings (SSSR count). The third kappa shape index (κ3) is 2.34. The van der Waals surface area contributed by atoms with Crippen LogP contribution in [0.5, 0.6) is 0 Å². The molecule has 3 heteroatoms. The van der Waals surface area contributed by atoms with Gasteiger partial charge in [-0.25, -0.2) is 0 Å². The molecule has 1 aromatic carbocycles. The monoisotopic (exact) mass is 246 g/mol. The lowest BCUT2D eigenvalue weighted by molar-refractivity contribution is 0.856. The van der Waals surface area contributed by atoms with E-state index in [-0.39, 0.29) is 0 Å². The second-order valence-electron chi connectivity index (χ2n) is 4.52. The van der Waals surface area contributed by atoms with Gasteiger partial charge in [0.1, 0.15) is 0 Å². The molecule has 2 aromatic rings. The Kier molecular flexibility index (Phi) is 3.48. The van der Waals surface area contributed by atoms with Crippen LogP contribution >= 0.6 is 12.2 Å². The quantitative estimate of drug-likeness (QED) is 0.804. The SMILES string of the molecule is CCc1c[nH]c(=S)n1-c1cccc(C(C)C)c1. The molecule has 0 bridgehead atoms. The van der Waals surface area contributed by atoms with Gasteiger partial charge in [0, 0.05) is 17.6 Å². The van der Waals surface area contributed by atoms with E-state index in [1.54, 1.807) is 0 Å². The molecule has 2 nitrogen and oxygen atoms in total. The molecular formula is C14H18N2S. The molecular weight excluding hydrogens is 228 g/mol. The van der Waals surface area contributed by atoms with E-state index in [0.717, 1.165) is 16.9 Å². The first-order valence-corrected chi connectivity index (χ1v) is 6.44. The van der Waals surface area contributed by atoms with Crippen molar-refractivity contribution in [1.82, 2.24) is 9.55 Å². The lowest BCUT2D eigenvalue weighted by Gasteiger charge is -2.11. The van der Waals surface area contributed by atoms with E-state index in [0.29, 0.717) is 5.92 Å². The zero-order chi connectivity index (χ0) is 12.4. The lowest BCUT2D eigenvalue weighted by atomic mass is 10.0. The fraction of sp³-hybridized carbons (Fsp3) is 0.357. The van der Waals surface area contributed by atoms with Crippen LogP contribution in [-0.2, 0) is 6.42 Å². The van der Waals surface area contributed by atoms with Crippen molar-refractivity contribution in [1.29, 1.82) is 0 Å². The number of nitrogens with one attached hydrogen (secondary N) is 1. The number of hydrogen-bond donors (Lipinski definition) is 1. The number of nitrogens with zero attached hydrogens (tertiary/aromatic N) is 1. The lowest BCUT2D eigenvalue weighted by Crippen LogP contribution is -2.00. The maximum Gasteiger partial charge on any atom is 0.182 e. The van der Waals surface area contributed by atoms with Gasteiger partial charge < -0.3 is 4.98 Å². The summed E-state index contributed by atoms with van der Waals surface area (Å²) in [6.07, 6.45) is 2.96. The first-order valence-electron chi connectivity index (χ1n) is 6.03. The highest BCUT2D eigenvalue weighted by atomic mass is 32.1. The summed E-state index contributed by atoms with van der Waals surface area (Å²) in [4.78, 5) is 3.11. The molecule has 1 N–H and O–H groups in total. The molecule has 0 fully saturated rings. The van der Waals surface area contributed by atoms with Gasteiger partial charge in [0.25, 0.3) is 0 Å². The van der Waals surface area contributed by atoms with E-state index in [1.807, 2.05) is 6.20 Å². The van der Waals surface area contributed by atoms with Crippen LogP contribution in [0.1, 0.15) is 37.9 Å². The molecule has 0 aliphatic carbocycles. The van der Waals surface area contributed by atoms with Crippen molar-refractivity contribution in [3.05, 3.63) is 46.5 Å². The summed E-state index contributed by atoms with van der Waals surface area (Å²) in [5, 5.41) is 0. The summed E-state index contributed by atoms with van der Waals surface area (Å²) in [5.74, 6) is 0.535. The Bertz CT molecular complexity index is 564. The third-order valence-corrected chi connectivity index (χ3v) is 3.31. The summed E-state index contributed by atoms with van der Waals surface area (Å²) in [6, 6.07) is 8.58. The summed E-state index contributed by atoms with van der Waals surface area (Å²) in [7, 11) is 0. The number of H-pyrrole nitrogens is 1. The second kappa shape index (κ2) is 4.88. The Hall–Kier alpha value is -1.35. The summed E-state index contributed by atoms with van der Waals surface area (Å²) in [6.45, 7) is 6.55. The molecule has 0 radical (unpaired) electrons. The Balaban J connectivity index is 2.56. The minimum Gasteiger partial charge on any atom is -0.337 e. The fourth-order valence-electron chi connectivity index (χ4n) is 1.97. The highest BCUT2D eigenvalue weighted by Gasteiger charge is 2.06. The van der Waals surface area contributed by atoms with Crippen molar-refractivity contribution in [3.63, 3.8) is 0 Å².